The van der Waals surface area contributed by atoms with Crippen molar-refractivity contribution in [1.29, 1.82) is 0 Å². The zero-order chi connectivity index (χ0) is 16.0. The summed E-state index contributed by atoms with van der Waals surface area (Å²) < 4.78 is 28.5. The number of hydrogen-bond donors (Lipinski definition) is 2. The van der Waals surface area contributed by atoms with Crippen LogP contribution in [0.2, 0.25) is 5.02 Å². The summed E-state index contributed by atoms with van der Waals surface area (Å²) in [4.78, 5) is 11.1. The molecule has 2 N–H and O–H groups in total. The Morgan fingerprint density at radius 2 is 2.10 bits per heavy atom. The van der Waals surface area contributed by atoms with Crippen molar-refractivity contribution in [3.8, 4) is 5.75 Å². The lowest BCUT2D eigenvalue weighted by Gasteiger charge is -2.17. The number of benzene rings is 1. The van der Waals surface area contributed by atoms with Gasteiger partial charge in [-0.1, -0.05) is 31.5 Å². The largest absolute Gasteiger partial charge is 0.480 e. The number of alkyl halides is 2. The minimum Gasteiger partial charge on any atom is -0.480 e. The fourth-order valence-electron chi connectivity index (χ4n) is 1.83. The first kappa shape index (κ1) is 17.7. The maximum Gasteiger partial charge on any atom is 0.387 e. The van der Waals surface area contributed by atoms with Gasteiger partial charge in [-0.15, -0.1) is 0 Å². The second-order valence-electron chi connectivity index (χ2n) is 5.04. The van der Waals surface area contributed by atoms with Crippen LogP contribution >= 0.6 is 11.6 Å². The van der Waals surface area contributed by atoms with Gasteiger partial charge in [0.2, 0.25) is 0 Å². The molecule has 0 saturated carbocycles. The Balaban J connectivity index is 2.66. The number of carboxylic acids is 1. The first-order chi connectivity index (χ1) is 9.79. The van der Waals surface area contributed by atoms with E-state index in [1.165, 1.54) is 12.1 Å². The third kappa shape index (κ3) is 6.27. The van der Waals surface area contributed by atoms with Gasteiger partial charge in [-0.05, 0) is 30.0 Å². The fourth-order valence-corrected chi connectivity index (χ4v) is 2.08. The molecular formula is C14H18ClF2NO3. The van der Waals surface area contributed by atoms with Crippen LogP contribution in [-0.4, -0.2) is 23.7 Å². The van der Waals surface area contributed by atoms with Gasteiger partial charge in [-0.2, -0.15) is 8.78 Å². The van der Waals surface area contributed by atoms with Gasteiger partial charge in [0, 0.05) is 6.54 Å². The Bertz CT molecular complexity index is 483. The van der Waals surface area contributed by atoms with E-state index in [2.05, 4.69) is 10.1 Å². The van der Waals surface area contributed by atoms with Crippen LogP contribution < -0.4 is 10.1 Å². The summed E-state index contributed by atoms with van der Waals surface area (Å²) >= 11 is 5.83. The topological polar surface area (TPSA) is 58.6 Å². The number of carbonyl (C=O) groups is 1. The van der Waals surface area contributed by atoms with E-state index in [-0.39, 0.29) is 23.2 Å². The average molecular weight is 322 g/mol. The second kappa shape index (κ2) is 8.14. The minimum absolute atomic E-state index is 0.0605. The zero-order valence-electron chi connectivity index (χ0n) is 11.8. The number of carboxylic acid groups (broad SMARTS) is 1. The monoisotopic (exact) mass is 321 g/mol. The van der Waals surface area contributed by atoms with Crippen LogP contribution in [0.4, 0.5) is 8.78 Å². The summed E-state index contributed by atoms with van der Waals surface area (Å²) in [5, 5.41) is 12.1. The molecule has 0 spiro atoms. The van der Waals surface area contributed by atoms with Crippen molar-refractivity contribution in [1.82, 2.24) is 5.32 Å². The van der Waals surface area contributed by atoms with Crippen molar-refractivity contribution in [2.75, 3.05) is 0 Å². The molecule has 1 rings (SSSR count). The molecule has 1 aromatic carbocycles. The third-order valence-corrected chi connectivity index (χ3v) is 3.07. The standard InChI is InChI=1S/C14H18ClF2NO3/c1-8(2)5-11(13(19)20)18-7-9-3-4-12(10(15)6-9)21-14(16)17/h3-4,6,8,11,14,18H,5,7H2,1-2H3,(H,19,20)/t11-/m0/s1. The highest BCUT2D eigenvalue weighted by atomic mass is 35.5. The average Bonchev–Trinajstić information content (AvgIpc) is 2.36. The molecule has 0 aliphatic rings. The first-order valence-electron chi connectivity index (χ1n) is 6.49. The summed E-state index contributed by atoms with van der Waals surface area (Å²) in [6, 6.07) is 3.70. The minimum atomic E-state index is -2.94. The van der Waals surface area contributed by atoms with Crippen molar-refractivity contribution in [2.24, 2.45) is 5.92 Å². The highest BCUT2D eigenvalue weighted by molar-refractivity contribution is 6.32. The van der Waals surface area contributed by atoms with Crippen LogP contribution in [-0.2, 0) is 11.3 Å². The molecule has 0 amide bonds. The van der Waals surface area contributed by atoms with Gasteiger partial charge in [0.05, 0.1) is 5.02 Å². The predicted octanol–water partition coefficient (Wildman–Crippen LogP) is 3.53. The van der Waals surface area contributed by atoms with E-state index in [0.29, 0.717) is 12.0 Å². The van der Waals surface area contributed by atoms with Crippen LogP contribution in [0.25, 0.3) is 0 Å². The van der Waals surface area contributed by atoms with Crippen molar-refractivity contribution < 1.29 is 23.4 Å². The van der Waals surface area contributed by atoms with Gasteiger partial charge in [0.25, 0.3) is 0 Å². The molecule has 0 heterocycles. The maximum absolute atomic E-state index is 12.1. The zero-order valence-corrected chi connectivity index (χ0v) is 12.5. The van der Waals surface area contributed by atoms with E-state index in [1.54, 1.807) is 6.07 Å². The number of aliphatic carboxylic acids is 1. The molecule has 4 nitrogen and oxygen atoms in total. The third-order valence-electron chi connectivity index (χ3n) is 2.77. The lowest BCUT2D eigenvalue weighted by atomic mass is 10.0. The lowest BCUT2D eigenvalue weighted by molar-refractivity contribution is -0.140. The smallest absolute Gasteiger partial charge is 0.387 e. The Kier molecular flexibility index (Phi) is 6.84. The van der Waals surface area contributed by atoms with Gasteiger partial charge in [-0.3, -0.25) is 4.79 Å². The molecule has 118 valence electrons. The van der Waals surface area contributed by atoms with Gasteiger partial charge in [0.15, 0.2) is 0 Å². The van der Waals surface area contributed by atoms with E-state index in [0.717, 1.165) is 0 Å². The summed E-state index contributed by atoms with van der Waals surface area (Å²) in [7, 11) is 0. The molecule has 1 aromatic rings. The highest BCUT2D eigenvalue weighted by Gasteiger charge is 2.18. The Hall–Kier alpha value is -1.40. The van der Waals surface area contributed by atoms with E-state index in [4.69, 9.17) is 16.7 Å². The van der Waals surface area contributed by atoms with Gasteiger partial charge in [0.1, 0.15) is 11.8 Å². The molecule has 0 bridgehead atoms. The summed E-state index contributed by atoms with van der Waals surface area (Å²) in [5.74, 6) is -0.788. The number of ether oxygens (including phenoxy) is 1. The van der Waals surface area contributed by atoms with Crippen LogP contribution in [0.5, 0.6) is 5.75 Å². The van der Waals surface area contributed by atoms with E-state index >= 15 is 0 Å². The summed E-state index contributed by atoms with van der Waals surface area (Å²) in [6.07, 6.45) is 0.496. The molecule has 21 heavy (non-hydrogen) atoms. The van der Waals surface area contributed by atoms with Crippen LogP contribution in [0.1, 0.15) is 25.8 Å². The highest BCUT2D eigenvalue weighted by Crippen LogP contribution is 2.27. The number of rotatable bonds is 8. The molecule has 0 radical (unpaired) electrons. The van der Waals surface area contributed by atoms with Crippen molar-refractivity contribution in [2.45, 2.75) is 39.5 Å². The Labute approximate surface area is 127 Å². The molecule has 7 heteroatoms. The summed E-state index contributed by atoms with van der Waals surface area (Å²) in [5.41, 5.74) is 0.691. The fraction of sp³-hybridized carbons (Fsp3) is 0.500. The van der Waals surface area contributed by atoms with Crippen LogP contribution in [0, 0.1) is 5.92 Å². The predicted molar refractivity (Wildman–Crippen MR) is 75.8 cm³/mol. The van der Waals surface area contributed by atoms with E-state index in [1.807, 2.05) is 13.8 Å². The molecule has 1 atom stereocenters. The van der Waals surface area contributed by atoms with Crippen LogP contribution in [0.3, 0.4) is 0 Å². The maximum atomic E-state index is 12.1. The lowest BCUT2D eigenvalue weighted by Crippen LogP contribution is -2.37. The molecule has 0 fully saturated rings. The SMILES string of the molecule is CC(C)C[C@H](NCc1ccc(OC(F)F)c(Cl)c1)C(=O)O. The number of halogens is 3. The molecule has 0 aromatic heterocycles. The van der Waals surface area contributed by atoms with E-state index in [9.17, 15) is 13.6 Å². The summed E-state index contributed by atoms with van der Waals surface area (Å²) in [6.45, 7) is 1.21. The molecule has 0 aliphatic carbocycles. The van der Waals surface area contributed by atoms with Gasteiger partial charge < -0.3 is 15.2 Å². The molecule has 0 unspecified atom stereocenters. The molecule has 0 saturated heterocycles. The number of nitrogens with one attached hydrogen (secondary N) is 1. The number of hydrogen-bond acceptors (Lipinski definition) is 3. The normalized spacial score (nSPS) is 12.7. The van der Waals surface area contributed by atoms with Gasteiger partial charge >= 0.3 is 12.6 Å². The van der Waals surface area contributed by atoms with Gasteiger partial charge in [-0.25, -0.2) is 0 Å². The molecular weight excluding hydrogens is 304 g/mol. The Morgan fingerprint density at radius 3 is 2.57 bits per heavy atom. The first-order valence-corrected chi connectivity index (χ1v) is 6.86. The molecule has 0 aliphatic heterocycles. The van der Waals surface area contributed by atoms with Crippen LogP contribution in [0.15, 0.2) is 18.2 Å². The van der Waals surface area contributed by atoms with Crippen molar-refractivity contribution >= 4 is 17.6 Å². The van der Waals surface area contributed by atoms with Crippen molar-refractivity contribution in [3.63, 3.8) is 0 Å². The quantitative estimate of drug-likeness (QED) is 0.769. The van der Waals surface area contributed by atoms with Crippen molar-refractivity contribution in [3.05, 3.63) is 28.8 Å². The second-order valence-corrected chi connectivity index (χ2v) is 5.45. The Morgan fingerprint density at radius 1 is 1.43 bits per heavy atom. The van der Waals surface area contributed by atoms with E-state index < -0.39 is 18.6 Å².